The molecule has 2 aliphatic rings. The Morgan fingerprint density at radius 1 is 1.19 bits per heavy atom. The Labute approximate surface area is 204 Å². The first kappa shape index (κ1) is 25.7. The van der Waals surface area contributed by atoms with Gasteiger partial charge in [0.1, 0.15) is 11.9 Å². The van der Waals surface area contributed by atoms with Crippen LogP contribution in [0.15, 0.2) is 47.6 Å². The fourth-order valence-electron chi connectivity index (χ4n) is 3.85. The van der Waals surface area contributed by atoms with Crippen LogP contribution >= 0.6 is 0 Å². The Balaban J connectivity index is 1.41. The van der Waals surface area contributed by atoms with E-state index in [9.17, 15) is 26.8 Å². The van der Waals surface area contributed by atoms with Crippen LogP contribution in [0.1, 0.15) is 0 Å². The van der Waals surface area contributed by atoms with Gasteiger partial charge in [0.15, 0.2) is 0 Å². The molecule has 194 valence electrons. The lowest BCUT2D eigenvalue weighted by molar-refractivity contribution is -0.132. The van der Waals surface area contributed by atoms with E-state index in [1.54, 1.807) is 4.90 Å². The molecular weight excluding hydrogens is 505 g/mol. The third-order valence-corrected chi connectivity index (χ3v) is 7.40. The van der Waals surface area contributed by atoms with Gasteiger partial charge in [-0.1, -0.05) is 0 Å². The van der Waals surface area contributed by atoms with Crippen molar-refractivity contribution < 1.29 is 35.9 Å². The number of rotatable bonds is 7. The summed E-state index contributed by atoms with van der Waals surface area (Å²) >= 11 is 0. The molecule has 1 aromatic heterocycles. The number of carbonyl (C=O) groups excluding carboxylic acids is 2. The SMILES string of the molecule is O=C(NC[C@H]1CN(c2ccc(N3CCNN(S(=O)(=O)c4ccncc4)CC3)c(F)c2)C(=O)O1)C(F)F. The maximum Gasteiger partial charge on any atom is 0.414 e. The second kappa shape index (κ2) is 10.7. The van der Waals surface area contributed by atoms with Gasteiger partial charge in [-0.05, 0) is 30.3 Å². The number of amides is 2. The average Bonchev–Trinajstić information content (AvgIpc) is 3.06. The van der Waals surface area contributed by atoms with Gasteiger partial charge in [-0.25, -0.2) is 23.0 Å². The summed E-state index contributed by atoms with van der Waals surface area (Å²) in [4.78, 5) is 29.9. The van der Waals surface area contributed by atoms with E-state index in [1.807, 2.05) is 5.32 Å². The van der Waals surface area contributed by atoms with Crippen LogP contribution in [0.3, 0.4) is 0 Å². The maximum absolute atomic E-state index is 15.1. The second-order valence-corrected chi connectivity index (χ2v) is 9.82. The molecule has 2 amide bonds. The molecule has 2 saturated heterocycles. The lowest BCUT2D eigenvalue weighted by Gasteiger charge is -2.24. The van der Waals surface area contributed by atoms with E-state index >= 15 is 4.39 Å². The van der Waals surface area contributed by atoms with E-state index in [1.165, 1.54) is 36.7 Å². The number of hydrazine groups is 1. The molecule has 0 saturated carbocycles. The monoisotopic (exact) mass is 528 g/mol. The number of cyclic esters (lactones) is 1. The van der Waals surface area contributed by atoms with Crippen LogP contribution in [0, 0.1) is 5.82 Å². The van der Waals surface area contributed by atoms with Gasteiger partial charge in [0, 0.05) is 38.6 Å². The van der Waals surface area contributed by atoms with Crippen LogP contribution in [0.2, 0.25) is 0 Å². The minimum Gasteiger partial charge on any atom is -0.442 e. The molecular formula is C21H23F3N6O5S. The predicted octanol–water partition coefficient (Wildman–Crippen LogP) is 0.943. The number of hydrogen-bond acceptors (Lipinski definition) is 8. The molecule has 1 atom stereocenters. The molecule has 2 aromatic rings. The van der Waals surface area contributed by atoms with Crippen LogP contribution in [0.5, 0.6) is 0 Å². The molecule has 36 heavy (non-hydrogen) atoms. The van der Waals surface area contributed by atoms with Crippen molar-refractivity contribution in [1.29, 1.82) is 0 Å². The van der Waals surface area contributed by atoms with Crippen molar-refractivity contribution in [2.75, 3.05) is 49.1 Å². The summed E-state index contributed by atoms with van der Waals surface area (Å²) in [5, 5.41) is 1.98. The number of ether oxygens (including phenoxy) is 1. The topological polar surface area (TPSA) is 124 Å². The van der Waals surface area contributed by atoms with Gasteiger partial charge in [-0.2, -0.15) is 8.78 Å². The number of carbonyl (C=O) groups is 2. The summed E-state index contributed by atoms with van der Waals surface area (Å²) in [6.45, 7) is 0.441. The molecule has 0 bridgehead atoms. The smallest absolute Gasteiger partial charge is 0.414 e. The van der Waals surface area contributed by atoms with Crippen molar-refractivity contribution in [2.45, 2.75) is 17.4 Å². The number of nitrogens with zero attached hydrogens (tertiary/aromatic N) is 4. The van der Waals surface area contributed by atoms with Crippen molar-refractivity contribution in [3.8, 4) is 0 Å². The molecule has 0 aliphatic carbocycles. The Hall–Kier alpha value is -3.43. The maximum atomic E-state index is 15.1. The largest absolute Gasteiger partial charge is 0.442 e. The quantitative estimate of drug-likeness (QED) is 0.545. The Morgan fingerprint density at radius 3 is 2.64 bits per heavy atom. The summed E-state index contributed by atoms with van der Waals surface area (Å²) in [5.74, 6) is -2.11. The van der Waals surface area contributed by atoms with E-state index < -0.39 is 40.4 Å². The van der Waals surface area contributed by atoms with Gasteiger partial charge < -0.3 is 15.0 Å². The molecule has 0 unspecified atom stereocenters. The number of alkyl halides is 2. The highest BCUT2D eigenvalue weighted by Gasteiger charge is 2.34. The van der Waals surface area contributed by atoms with E-state index in [4.69, 9.17) is 4.74 Å². The zero-order chi connectivity index (χ0) is 25.9. The lowest BCUT2D eigenvalue weighted by Crippen LogP contribution is -2.43. The van der Waals surface area contributed by atoms with E-state index in [0.717, 1.165) is 15.4 Å². The number of hydrogen-bond donors (Lipinski definition) is 2. The molecule has 4 rings (SSSR count). The Morgan fingerprint density at radius 2 is 1.94 bits per heavy atom. The number of benzene rings is 1. The average molecular weight is 529 g/mol. The molecule has 2 aliphatic heterocycles. The van der Waals surface area contributed by atoms with E-state index in [2.05, 4.69) is 10.4 Å². The Kier molecular flexibility index (Phi) is 7.61. The third-order valence-electron chi connectivity index (χ3n) is 5.64. The predicted molar refractivity (Wildman–Crippen MR) is 121 cm³/mol. The van der Waals surface area contributed by atoms with Crippen LogP contribution in [0.4, 0.5) is 29.3 Å². The number of nitrogens with one attached hydrogen (secondary N) is 2. The molecule has 15 heteroatoms. The number of anilines is 2. The highest BCUT2D eigenvalue weighted by Crippen LogP contribution is 2.28. The van der Waals surface area contributed by atoms with Crippen molar-refractivity contribution in [2.24, 2.45) is 0 Å². The van der Waals surface area contributed by atoms with Gasteiger partial charge in [0.25, 0.3) is 15.9 Å². The lowest BCUT2D eigenvalue weighted by atomic mass is 10.2. The minimum absolute atomic E-state index is 0.0519. The number of halogens is 3. The molecule has 1 aromatic carbocycles. The molecule has 0 radical (unpaired) electrons. The van der Waals surface area contributed by atoms with Crippen LogP contribution < -0.4 is 20.5 Å². The minimum atomic E-state index is -3.81. The second-order valence-electron chi connectivity index (χ2n) is 7.95. The van der Waals surface area contributed by atoms with Crippen molar-refractivity contribution in [3.63, 3.8) is 0 Å². The van der Waals surface area contributed by atoms with Gasteiger partial charge in [-0.15, -0.1) is 4.41 Å². The third kappa shape index (κ3) is 5.52. The van der Waals surface area contributed by atoms with Crippen molar-refractivity contribution in [1.82, 2.24) is 20.1 Å². The summed E-state index contributed by atoms with van der Waals surface area (Å²) in [7, 11) is -3.81. The first-order valence-electron chi connectivity index (χ1n) is 10.9. The molecule has 0 spiro atoms. The summed E-state index contributed by atoms with van der Waals surface area (Å²) in [5.41, 5.74) is 3.26. The van der Waals surface area contributed by atoms with Gasteiger partial charge in [-0.3, -0.25) is 14.7 Å². The first-order valence-corrected chi connectivity index (χ1v) is 12.4. The number of aromatic nitrogens is 1. The van der Waals surface area contributed by atoms with Crippen LogP contribution in [-0.4, -0.2) is 81.6 Å². The normalized spacial score (nSPS) is 19.3. The highest BCUT2D eigenvalue weighted by atomic mass is 32.2. The van der Waals surface area contributed by atoms with E-state index in [-0.39, 0.29) is 49.0 Å². The van der Waals surface area contributed by atoms with Crippen molar-refractivity contribution >= 4 is 33.4 Å². The summed E-state index contributed by atoms with van der Waals surface area (Å²) in [6, 6.07) is 6.89. The first-order chi connectivity index (χ1) is 17.2. The summed E-state index contributed by atoms with van der Waals surface area (Å²) < 4.78 is 71.6. The molecule has 11 nitrogen and oxygen atoms in total. The molecule has 2 fully saturated rings. The standard InChI is InChI=1S/C21H23F3N6O5S/c22-17-11-14(29-13-15(35-21(29)32)12-26-20(31)19(23)24)1-2-18(17)28-8-7-27-30(10-9-28)36(33,34)16-3-5-25-6-4-16/h1-6,11,15,19,27H,7-10,12-13H2,(H,26,31)/t15-/m0/s1. The fraction of sp³-hybridized carbons (Fsp3) is 0.381. The van der Waals surface area contributed by atoms with Gasteiger partial charge in [0.05, 0.1) is 29.4 Å². The molecule has 2 N–H and O–H groups in total. The van der Waals surface area contributed by atoms with Crippen LogP contribution in [-0.2, 0) is 19.6 Å². The molecule has 3 heterocycles. The zero-order valence-corrected chi connectivity index (χ0v) is 19.6. The Bertz CT molecular complexity index is 1220. The fourth-order valence-corrected chi connectivity index (χ4v) is 5.15. The van der Waals surface area contributed by atoms with Crippen molar-refractivity contribution in [3.05, 3.63) is 48.5 Å². The van der Waals surface area contributed by atoms with Crippen LogP contribution in [0.25, 0.3) is 0 Å². The number of pyridine rings is 1. The van der Waals surface area contributed by atoms with Gasteiger partial charge in [0.2, 0.25) is 0 Å². The zero-order valence-electron chi connectivity index (χ0n) is 18.8. The number of sulfonamides is 1. The van der Waals surface area contributed by atoms with E-state index in [0.29, 0.717) is 6.54 Å². The summed E-state index contributed by atoms with van der Waals surface area (Å²) in [6.07, 6.45) is -2.09. The highest BCUT2D eigenvalue weighted by molar-refractivity contribution is 7.89. The van der Waals surface area contributed by atoms with Gasteiger partial charge >= 0.3 is 12.5 Å².